The highest BCUT2D eigenvalue weighted by atomic mass is 16.7. The Morgan fingerprint density at radius 3 is 2.17 bits per heavy atom. The van der Waals surface area contributed by atoms with Gasteiger partial charge in [-0.25, -0.2) is 0 Å². The molecule has 29 heavy (non-hydrogen) atoms. The molecule has 0 radical (unpaired) electrons. The minimum Gasteiger partial charge on any atom is -0.491 e. The monoisotopic (exact) mass is 398 g/mol. The zero-order valence-corrected chi connectivity index (χ0v) is 17.2. The molecule has 1 aliphatic rings. The Hall–Kier alpha value is -2.34. The van der Waals surface area contributed by atoms with E-state index < -0.39 is 6.10 Å². The molecule has 0 spiro atoms. The first kappa shape index (κ1) is 21.4. The first-order valence-electron chi connectivity index (χ1n) is 9.98. The smallest absolute Gasteiger partial charge is 0.202 e. The van der Waals surface area contributed by atoms with Crippen LogP contribution in [-0.2, 0) is 14.9 Å². The lowest BCUT2D eigenvalue weighted by atomic mass is 9.78. The number of benzene rings is 2. The third-order valence-corrected chi connectivity index (χ3v) is 5.07. The molecule has 0 saturated carbocycles. The summed E-state index contributed by atoms with van der Waals surface area (Å²) in [4.78, 5) is 0. The molecule has 3 rings (SSSR count). The van der Waals surface area contributed by atoms with Crippen LogP contribution in [0.15, 0.2) is 61.2 Å². The molecule has 156 valence electrons. The summed E-state index contributed by atoms with van der Waals surface area (Å²) in [6.07, 6.45) is 1.82. The molecule has 0 amide bonds. The van der Waals surface area contributed by atoms with Crippen LogP contribution in [-0.4, -0.2) is 43.9 Å². The van der Waals surface area contributed by atoms with E-state index in [2.05, 4.69) is 44.7 Å². The molecule has 2 atom stereocenters. The van der Waals surface area contributed by atoms with Gasteiger partial charge in [0.2, 0.25) is 6.29 Å². The summed E-state index contributed by atoms with van der Waals surface area (Å²) in [5, 5.41) is 9.86. The van der Waals surface area contributed by atoms with Gasteiger partial charge in [-0.1, -0.05) is 44.2 Å². The van der Waals surface area contributed by atoms with Crippen LogP contribution in [0.4, 0.5) is 0 Å². The Balaban J connectivity index is 1.56. The van der Waals surface area contributed by atoms with Crippen LogP contribution in [0, 0.1) is 0 Å². The van der Waals surface area contributed by atoms with Gasteiger partial charge in [-0.05, 0) is 35.4 Å². The van der Waals surface area contributed by atoms with Gasteiger partial charge in [0.05, 0.1) is 19.8 Å². The van der Waals surface area contributed by atoms with E-state index in [0.29, 0.717) is 6.61 Å². The summed E-state index contributed by atoms with van der Waals surface area (Å²) in [6, 6.07) is 16.2. The summed E-state index contributed by atoms with van der Waals surface area (Å²) in [5.74, 6) is 1.55. The molecule has 1 heterocycles. The molecule has 1 fully saturated rings. The van der Waals surface area contributed by atoms with Gasteiger partial charge in [0, 0.05) is 11.8 Å². The Morgan fingerprint density at radius 1 is 1.07 bits per heavy atom. The maximum Gasteiger partial charge on any atom is 0.202 e. The molecule has 5 nitrogen and oxygen atoms in total. The normalized spacial score (nSPS) is 17.3. The molecule has 2 aromatic carbocycles. The third kappa shape index (κ3) is 5.82. The average molecular weight is 398 g/mol. The lowest BCUT2D eigenvalue weighted by Gasteiger charge is -2.28. The van der Waals surface area contributed by atoms with Crippen LogP contribution in [0.5, 0.6) is 11.5 Å². The minimum absolute atomic E-state index is 0.103. The summed E-state index contributed by atoms with van der Waals surface area (Å²) < 4.78 is 21.9. The van der Waals surface area contributed by atoms with Crippen molar-refractivity contribution < 1.29 is 24.1 Å². The summed E-state index contributed by atoms with van der Waals surface area (Å²) in [6.45, 7) is 9.56. The van der Waals surface area contributed by atoms with Crippen LogP contribution in [0.1, 0.15) is 31.4 Å². The Morgan fingerprint density at radius 2 is 1.66 bits per heavy atom. The van der Waals surface area contributed by atoms with Crippen molar-refractivity contribution in [2.75, 3.05) is 26.4 Å². The third-order valence-electron chi connectivity index (χ3n) is 5.07. The standard InChI is InChI=1S/C24H30O5/c1-4-14-26-16-20(25)17-28-21-9-5-18(6-10-21)24(2,3)19-7-11-22(12-8-19)29-23-13-15-27-23/h4-12,20,23,25H,1,13-17H2,2-3H3. The highest BCUT2D eigenvalue weighted by Crippen LogP contribution is 2.33. The molecule has 2 unspecified atom stereocenters. The largest absolute Gasteiger partial charge is 0.491 e. The molecule has 2 aromatic rings. The molecule has 0 aliphatic carbocycles. The van der Waals surface area contributed by atoms with Gasteiger partial charge >= 0.3 is 0 Å². The van der Waals surface area contributed by atoms with Crippen molar-refractivity contribution in [2.24, 2.45) is 0 Å². The Kier molecular flexibility index (Phi) is 7.31. The highest BCUT2D eigenvalue weighted by Gasteiger charge is 2.24. The summed E-state index contributed by atoms with van der Waals surface area (Å²) in [5.41, 5.74) is 2.21. The molecule has 0 bridgehead atoms. The van der Waals surface area contributed by atoms with Gasteiger partial charge < -0.3 is 24.1 Å². The quantitative estimate of drug-likeness (QED) is 0.457. The molecule has 0 aromatic heterocycles. The van der Waals surface area contributed by atoms with Gasteiger partial charge in [0.1, 0.15) is 24.2 Å². The van der Waals surface area contributed by atoms with Crippen LogP contribution in [0.3, 0.4) is 0 Å². The van der Waals surface area contributed by atoms with Crippen molar-refractivity contribution in [3.63, 3.8) is 0 Å². The van der Waals surface area contributed by atoms with Gasteiger partial charge in [-0.3, -0.25) is 0 Å². The second-order valence-electron chi connectivity index (χ2n) is 7.67. The minimum atomic E-state index is -0.669. The topological polar surface area (TPSA) is 57.2 Å². The van der Waals surface area contributed by atoms with Gasteiger partial charge in [0.25, 0.3) is 0 Å². The Bertz CT molecular complexity index is 763. The lowest BCUT2D eigenvalue weighted by molar-refractivity contribution is -0.165. The predicted octanol–water partition coefficient (Wildman–Crippen LogP) is 4.08. The Labute approximate surface area is 172 Å². The maximum atomic E-state index is 9.86. The van der Waals surface area contributed by atoms with E-state index in [1.807, 2.05) is 24.3 Å². The number of aliphatic hydroxyl groups excluding tert-OH is 1. The van der Waals surface area contributed by atoms with E-state index in [1.54, 1.807) is 6.08 Å². The van der Waals surface area contributed by atoms with Gasteiger partial charge in [-0.2, -0.15) is 0 Å². The van der Waals surface area contributed by atoms with Crippen molar-refractivity contribution in [1.29, 1.82) is 0 Å². The van der Waals surface area contributed by atoms with Crippen LogP contribution < -0.4 is 9.47 Å². The van der Waals surface area contributed by atoms with E-state index in [-0.39, 0.29) is 24.9 Å². The second kappa shape index (κ2) is 9.92. The maximum absolute atomic E-state index is 9.86. The molecular formula is C24H30O5. The van der Waals surface area contributed by atoms with Crippen LogP contribution in [0.25, 0.3) is 0 Å². The van der Waals surface area contributed by atoms with E-state index in [0.717, 1.165) is 24.5 Å². The van der Waals surface area contributed by atoms with E-state index in [1.165, 1.54) is 11.1 Å². The van der Waals surface area contributed by atoms with Crippen molar-refractivity contribution in [3.8, 4) is 11.5 Å². The summed E-state index contributed by atoms with van der Waals surface area (Å²) in [7, 11) is 0. The van der Waals surface area contributed by atoms with E-state index in [9.17, 15) is 5.11 Å². The first-order chi connectivity index (χ1) is 14.0. The van der Waals surface area contributed by atoms with Crippen LogP contribution in [0.2, 0.25) is 0 Å². The van der Waals surface area contributed by atoms with Crippen molar-refractivity contribution in [1.82, 2.24) is 0 Å². The first-order valence-corrected chi connectivity index (χ1v) is 9.98. The molecule has 5 heteroatoms. The van der Waals surface area contributed by atoms with Crippen molar-refractivity contribution in [3.05, 3.63) is 72.3 Å². The van der Waals surface area contributed by atoms with Crippen molar-refractivity contribution in [2.45, 2.75) is 38.1 Å². The zero-order valence-electron chi connectivity index (χ0n) is 17.2. The highest BCUT2D eigenvalue weighted by molar-refractivity contribution is 5.41. The van der Waals surface area contributed by atoms with Crippen molar-refractivity contribution >= 4 is 0 Å². The summed E-state index contributed by atoms with van der Waals surface area (Å²) >= 11 is 0. The number of hydrogen-bond acceptors (Lipinski definition) is 5. The van der Waals surface area contributed by atoms with E-state index in [4.69, 9.17) is 18.9 Å². The molecule has 1 aliphatic heterocycles. The SMILES string of the molecule is C=CCOCC(O)COc1ccc(C(C)(C)c2ccc(OC3CCO3)cc2)cc1. The van der Waals surface area contributed by atoms with Crippen LogP contribution >= 0.6 is 0 Å². The fraction of sp³-hybridized carbons (Fsp3) is 0.417. The fourth-order valence-electron chi connectivity index (χ4n) is 3.07. The number of aliphatic hydroxyl groups is 1. The van der Waals surface area contributed by atoms with Gasteiger partial charge in [0.15, 0.2) is 0 Å². The number of rotatable bonds is 11. The molecule has 1 N–H and O–H groups in total. The second-order valence-corrected chi connectivity index (χ2v) is 7.67. The van der Waals surface area contributed by atoms with E-state index >= 15 is 0 Å². The molecular weight excluding hydrogens is 368 g/mol. The van der Waals surface area contributed by atoms with Gasteiger partial charge in [-0.15, -0.1) is 6.58 Å². The number of ether oxygens (including phenoxy) is 4. The fourth-order valence-corrected chi connectivity index (χ4v) is 3.07. The predicted molar refractivity (Wildman–Crippen MR) is 113 cm³/mol. The molecule has 1 saturated heterocycles. The zero-order chi connectivity index (χ0) is 20.7. The average Bonchev–Trinajstić information content (AvgIpc) is 2.70. The lowest BCUT2D eigenvalue weighted by Crippen LogP contribution is -2.32. The number of hydrogen-bond donors (Lipinski definition) is 1.